The minimum atomic E-state index is -0.719. The van der Waals surface area contributed by atoms with Gasteiger partial charge in [0, 0.05) is 12.1 Å². The van der Waals surface area contributed by atoms with E-state index in [0.29, 0.717) is 32.7 Å². The van der Waals surface area contributed by atoms with Gasteiger partial charge in [-0.2, -0.15) is 0 Å². The zero-order chi connectivity index (χ0) is 25.4. The topological polar surface area (TPSA) is 81.0 Å². The summed E-state index contributed by atoms with van der Waals surface area (Å²) < 4.78 is 7.13. The van der Waals surface area contributed by atoms with Crippen molar-refractivity contribution in [3.63, 3.8) is 0 Å². The monoisotopic (exact) mass is 499 g/mol. The smallest absolute Gasteiger partial charge is 0.338 e. The van der Waals surface area contributed by atoms with Crippen molar-refractivity contribution in [2.24, 2.45) is 4.99 Å². The number of benzene rings is 2. The summed E-state index contributed by atoms with van der Waals surface area (Å²) >= 11 is 1.17. The number of para-hydroxylation sites is 1. The Bertz CT molecular complexity index is 1610. The zero-order valence-corrected chi connectivity index (χ0v) is 21.0. The molecule has 0 N–H and O–H groups in total. The summed E-state index contributed by atoms with van der Waals surface area (Å²) in [6.45, 7) is 6.08. The highest BCUT2D eigenvalue weighted by Gasteiger charge is 2.35. The molecule has 2 aliphatic heterocycles. The molecule has 0 fully saturated rings. The first-order chi connectivity index (χ1) is 17.5. The predicted molar refractivity (Wildman–Crippen MR) is 140 cm³/mol. The summed E-state index contributed by atoms with van der Waals surface area (Å²) in [7, 11) is 0. The van der Waals surface area contributed by atoms with Gasteiger partial charge < -0.3 is 9.64 Å². The fraction of sp³-hybridized carbons (Fsp3) is 0.214. The molecule has 36 heavy (non-hydrogen) atoms. The highest BCUT2D eigenvalue weighted by molar-refractivity contribution is 7.07. The second-order valence-electron chi connectivity index (χ2n) is 8.38. The number of amides is 1. The SMILES string of the molecule is CCOC(=O)C1=C(C)N=c2sc(=C3C(=O)N(CC)c4ccccc43)c(=O)n2[C@@H]1/C=C/c1ccccc1. The number of ether oxygens (including phenoxy) is 1. The van der Waals surface area contributed by atoms with Crippen LogP contribution in [-0.4, -0.2) is 29.6 Å². The molecule has 0 saturated heterocycles. The van der Waals surface area contributed by atoms with Crippen molar-refractivity contribution in [2.45, 2.75) is 26.8 Å². The van der Waals surface area contributed by atoms with E-state index in [0.717, 1.165) is 16.8 Å². The third-order valence-corrected chi connectivity index (χ3v) is 7.33. The Labute approximate surface area is 212 Å². The fourth-order valence-electron chi connectivity index (χ4n) is 4.65. The van der Waals surface area contributed by atoms with Crippen LogP contribution in [0.3, 0.4) is 0 Å². The number of carbonyl (C=O) groups excluding carboxylic acids is 2. The van der Waals surface area contributed by atoms with E-state index in [1.165, 1.54) is 15.9 Å². The number of hydrogen-bond donors (Lipinski definition) is 0. The lowest BCUT2D eigenvalue weighted by atomic mass is 10.0. The molecule has 1 aromatic heterocycles. The van der Waals surface area contributed by atoms with Gasteiger partial charge in [0.2, 0.25) is 0 Å². The molecule has 2 aliphatic rings. The summed E-state index contributed by atoms with van der Waals surface area (Å²) in [4.78, 5) is 47.0. The number of fused-ring (bicyclic) bond motifs is 2. The average molecular weight is 500 g/mol. The Hall–Kier alpha value is -4.04. The molecule has 3 aromatic rings. The Morgan fingerprint density at radius 2 is 1.81 bits per heavy atom. The third-order valence-electron chi connectivity index (χ3n) is 6.27. The molecule has 0 unspecified atom stereocenters. The minimum absolute atomic E-state index is 0.206. The van der Waals surface area contributed by atoms with Gasteiger partial charge in [0.15, 0.2) is 4.80 Å². The van der Waals surface area contributed by atoms with Crippen molar-refractivity contribution in [3.8, 4) is 0 Å². The van der Waals surface area contributed by atoms with E-state index in [2.05, 4.69) is 4.99 Å². The molecule has 3 heterocycles. The fourth-order valence-corrected chi connectivity index (χ4v) is 5.79. The van der Waals surface area contributed by atoms with Crippen LogP contribution in [0.5, 0.6) is 0 Å². The van der Waals surface area contributed by atoms with Gasteiger partial charge in [-0.1, -0.05) is 72.0 Å². The number of allylic oxidation sites excluding steroid dienone is 2. The van der Waals surface area contributed by atoms with Crippen LogP contribution in [0.1, 0.15) is 37.9 Å². The van der Waals surface area contributed by atoms with Crippen molar-refractivity contribution in [1.82, 2.24) is 4.57 Å². The predicted octanol–water partition coefficient (Wildman–Crippen LogP) is 3.20. The summed E-state index contributed by atoms with van der Waals surface area (Å²) in [5.41, 5.74) is 3.26. The number of likely N-dealkylation sites (N-methyl/N-ethyl adjacent to an activating group) is 1. The van der Waals surface area contributed by atoms with Crippen LogP contribution in [0.15, 0.2) is 81.7 Å². The lowest BCUT2D eigenvalue weighted by Gasteiger charge is -2.21. The normalized spacial score (nSPS) is 18.4. The summed E-state index contributed by atoms with van der Waals surface area (Å²) in [6.07, 6.45) is 3.69. The van der Waals surface area contributed by atoms with Gasteiger partial charge in [-0.15, -0.1) is 0 Å². The number of aromatic nitrogens is 1. The Kier molecular flexibility index (Phi) is 6.28. The maximum absolute atomic E-state index is 13.9. The van der Waals surface area contributed by atoms with Crippen LogP contribution < -0.4 is 19.8 Å². The van der Waals surface area contributed by atoms with E-state index in [1.807, 2.05) is 73.7 Å². The second kappa shape index (κ2) is 9.54. The molecule has 7 nitrogen and oxygen atoms in total. The molecule has 0 aliphatic carbocycles. The number of esters is 1. The molecule has 8 heteroatoms. The molecule has 0 bridgehead atoms. The van der Waals surface area contributed by atoms with Crippen LogP contribution in [0.25, 0.3) is 11.6 Å². The summed E-state index contributed by atoms with van der Waals surface area (Å²) in [6, 6.07) is 16.4. The highest BCUT2D eigenvalue weighted by atomic mass is 32.1. The molecule has 0 saturated carbocycles. The lowest BCUT2D eigenvalue weighted by molar-refractivity contribution is -0.139. The van der Waals surface area contributed by atoms with Gasteiger partial charge >= 0.3 is 5.97 Å². The van der Waals surface area contributed by atoms with Crippen LogP contribution in [0.4, 0.5) is 5.69 Å². The van der Waals surface area contributed by atoms with Crippen molar-refractivity contribution < 1.29 is 14.3 Å². The maximum Gasteiger partial charge on any atom is 0.338 e. The third kappa shape index (κ3) is 3.83. The maximum atomic E-state index is 13.9. The van der Waals surface area contributed by atoms with E-state index < -0.39 is 12.0 Å². The number of hydrogen-bond acceptors (Lipinski definition) is 6. The number of thiazole rings is 1. The van der Waals surface area contributed by atoms with Crippen molar-refractivity contribution >= 4 is 40.5 Å². The molecule has 182 valence electrons. The Morgan fingerprint density at radius 3 is 2.53 bits per heavy atom. The molecule has 2 aromatic carbocycles. The Balaban J connectivity index is 1.76. The first kappa shape index (κ1) is 23.7. The quantitative estimate of drug-likeness (QED) is 0.505. The molecular formula is C28H25N3O4S. The van der Waals surface area contributed by atoms with Crippen LogP contribution >= 0.6 is 11.3 Å². The van der Waals surface area contributed by atoms with Crippen molar-refractivity contribution in [1.29, 1.82) is 0 Å². The number of nitrogens with zero attached hydrogens (tertiary/aromatic N) is 3. The van der Waals surface area contributed by atoms with Crippen LogP contribution in [0, 0.1) is 0 Å². The van der Waals surface area contributed by atoms with E-state index in [1.54, 1.807) is 18.7 Å². The number of carbonyl (C=O) groups is 2. The first-order valence-corrected chi connectivity index (χ1v) is 12.6. The van der Waals surface area contributed by atoms with Gasteiger partial charge in [0.25, 0.3) is 11.5 Å². The molecule has 5 rings (SSSR count). The lowest BCUT2D eigenvalue weighted by Crippen LogP contribution is -2.40. The van der Waals surface area contributed by atoms with Gasteiger partial charge in [-0.05, 0) is 32.4 Å². The van der Waals surface area contributed by atoms with E-state index in [4.69, 9.17) is 4.74 Å². The number of anilines is 1. The van der Waals surface area contributed by atoms with Crippen LogP contribution in [0.2, 0.25) is 0 Å². The zero-order valence-electron chi connectivity index (χ0n) is 20.2. The molecule has 1 amide bonds. The van der Waals surface area contributed by atoms with E-state index >= 15 is 0 Å². The summed E-state index contributed by atoms with van der Waals surface area (Å²) in [5, 5.41) is 0. The Morgan fingerprint density at radius 1 is 1.08 bits per heavy atom. The molecule has 1 atom stereocenters. The first-order valence-electron chi connectivity index (χ1n) is 11.8. The van der Waals surface area contributed by atoms with Gasteiger partial charge in [-0.25, -0.2) is 9.79 Å². The molecule has 0 spiro atoms. The molecular weight excluding hydrogens is 474 g/mol. The number of rotatable bonds is 5. The van der Waals surface area contributed by atoms with E-state index in [-0.39, 0.29) is 18.1 Å². The molecule has 0 radical (unpaired) electrons. The largest absolute Gasteiger partial charge is 0.463 e. The van der Waals surface area contributed by atoms with Crippen LogP contribution in [-0.2, 0) is 14.3 Å². The van der Waals surface area contributed by atoms with Gasteiger partial charge in [-0.3, -0.25) is 14.2 Å². The van der Waals surface area contributed by atoms with Gasteiger partial charge in [0.05, 0.1) is 35.2 Å². The van der Waals surface area contributed by atoms with Crippen molar-refractivity contribution in [2.75, 3.05) is 18.1 Å². The summed E-state index contributed by atoms with van der Waals surface area (Å²) in [5.74, 6) is -0.722. The second-order valence-corrected chi connectivity index (χ2v) is 9.35. The highest BCUT2D eigenvalue weighted by Crippen LogP contribution is 2.35. The van der Waals surface area contributed by atoms with Gasteiger partial charge in [0.1, 0.15) is 4.53 Å². The van der Waals surface area contributed by atoms with E-state index in [9.17, 15) is 14.4 Å². The minimum Gasteiger partial charge on any atom is -0.463 e. The average Bonchev–Trinajstić information content (AvgIpc) is 3.34. The standard InChI is InChI=1S/C28H25N3O4S/c1-4-30-20-14-10-9-13-19(20)23(25(30)32)24-26(33)31-21(16-15-18-11-7-6-8-12-18)22(27(34)35-5-2)17(3)29-28(31)36-24/h6-16,21H,4-5H2,1-3H3/b16-15+,24-23?/t21-/m1/s1. The van der Waals surface area contributed by atoms with Crippen molar-refractivity contribution in [3.05, 3.63) is 103 Å².